The summed E-state index contributed by atoms with van der Waals surface area (Å²) in [5.74, 6) is 0. The Labute approximate surface area is 416 Å². The molecule has 4 aliphatic rings. The molecule has 0 unspecified atom stereocenters. The lowest BCUT2D eigenvalue weighted by molar-refractivity contribution is 0.669. The van der Waals surface area contributed by atoms with Crippen LogP contribution in [0, 0.1) is 0 Å². The minimum Gasteiger partial charge on any atom is -0.456 e. The SMILES string of the molecule is C[Si]1(C)c2ccccc2-c2c(N(c3ccccc3)c3cc4c5c(c3)N(c3ccccc3)c3c(ccc6oc7ccccc7c36)B5c3ccc5c(c3N4c3ccccc3)-c3ccccc3[Si]5(C)C)cccc21. The van der Waals surface area contributed by atoms with Crippen molar-refractivity contribution in [3.8, 4) is 22.3 Å². The minimum absolute atomic E-state index is 0.0929. The van der Waals surface area contributed by atoms with Gasteiger partial charge in [-0.15, -0.1) is 0 Å². The standard InChI is InChI=1S/C64H48BN3OSi2/c1-70(2)55-32-18-15-28-46(55)59-50(30-20-34-57(59)70)66(41-21-8-5-9-22-41)44-39-51-62-52(40-44)68(43-25-12-7-13-26-43)64-49(36-38-58-61(64)47-29-16-19-33-56(47)71(58,3)4)65(62)48-35-37-54-60(45-27-14-17-31-53(45)69-54)63(48)67(51)42-23-10-6-11-24-42/h5-40H,1-4H3. The van der Waals surface area contributed by atoms with Crippen LogP contribution in [0.25, 0.3) is 44.2 Å². The molecule has 0 atom stereocenters. The van der Waals surface area contributed by atoms with E-state index in [1.807, 2.05) is 0 Å². The summed E-state index contributed by atoms with van der Waals surface area (Å²) < 4.78 is 6.79. The fraction of sp³-hybridized carbons (Fsp3) is 0.0625. The van der Waals surface area contributed by atoms with Crippen molar-refractivity contribution < 1.29 is 4.42 Å². The zero-order valence-corrected chi connectivity index (χ0v) is 42.1. The molecule has 0 saturated carbocycles. The van der Waals surface area contributed by atoms with Crippen molar-refractivity contribution in [1.29, 1.82) is 0 Å². The summed E-state index contributed by atoms with van der Waals surface area (Å²) in [6.07, 6.45) is 0. The lowest BCUT2D eigenvalue weighted by atomic mass is 9.33. The van der Waals surface area contributed by atoms with Crippen LogP contribution >= 0.6 is 0 Å². The van der Waals surface area contributed by atoms with Crippen LogP contribution in [0.4, 0.5) is 51.2 Å². The third kappa shape index (κ3) is 5.50. The third-order valence-electron chi connectivity index (χ3n) is 16.4. The van der Waals surface area contributed by atoms with E-state index in [1.54, 1.807) is 0 Å². The molecule has 4 nitrogen and oxygen atoms in total. The summed E-state index contributed by atoms with van der Waals surface area (Å²) in [6.45, 7) is 10.0. The van der Waals surface area contributed by atoms with E-state index in [1.165, 1.54) is 82.1 Å². The average molecular weight is 942 g/mol. The maximum absolute atomic E-state index is 6.79. The molecule has 336 valence electrons. The lowest BCUT2D eigenvalue weighted by Crippen LogP contribution is -2.62. The van der Waals surface area contributed by atoms with Gasteiger partial charge in [-0.2, -0.15) is 0 Å². The zero-order valence-electron chi connectivity index (χ0n) is 40.1. The zero-order chi connectivity index (χ0) is 47.3. The smallest absolute Gasteiger partial charge is 0.252 e. The molecule has 0 N–H and O–H groups in total. The van der Waals surface area contributed by atoms with E-state index >= 15 is 0 Å². The van der Waals surface area contributed by atoms with E-state index in [9.17, 15) is 0 Å². The van der Waals surface area contributed by atoms with Gasteiger partial charge in [0.2, 0.25) is 0 Å². The number of furan rings is 1. The second-order valence-electron chi connectivity index (χ2n) is 20.8. The van der Waals surface area contributed by atoms with Gasteiger partial charge in [0.1, 0.15) is 27.3 Å². The summed E-state index contributed by atoms with van der Waals surface area (Å²) in [7, 11) is -4.13. The van der Waals surface area contributed by atoms with Gasteiger partial charge < -0.3 is 19.1 Å². The van der Waals surface area contributed by atoms with Crippen LogP contribution in [-0.2, 0) is 0 Å². The van der Waals surface area contributed by atoms with E-state index in [-0.39, 0.29) is 6.71 Å². The fourth-order valence-corrected chi connectivity index (χ4v) is 19.4. The molecular formula is C64H48BN3OSi2. The Bertz CT molecular complexity index is 4040. The highest BCUT2D eigenvalue weighted by molar-refractivity contribution is 7.05. The minimum atomic E-state index is -2.10. The van der Waals surface area contributed by atoms with Gasteiger partial charge in [-0.3, -0.25) is 0 Å². The highest BCUT2D eigenvalue weighted by Crippen LogP contribution is 2.53. The van der Waals surface area contributed by atoms with E-state index in [0.717, 1.165) is 50.4 Å². The fourth-order valence-electron chi connectivity index (χ4n) is 13.3. The highest BCUT2D eigenvalue weighted by Gasteiger charge is 2.49. The first-order valence-corrected chi connectivity index (χ1v) is 31.0. The van der Waals surface area contributed by atoms with Crippen molar-refractivity contribution in [2.24, 2.45) is 0 Å². The van der Waals surface area contributed by atoms with Gasteiger partial charge in [0, 0.05) is 50.6 Å². The number of nitrogens with zero attached hydrogens (tertiary/aromatic N) is 3. The van der Waals surface area contributed by atoms with Gasteiger partial charge in [-0.1, -0.05) is 178 Å². The highest BCUT2D eigenvalue weighted by atomic mass is 28.3. The number of hydrogen-bond acceptors (Lipinski definition) is 4. The maximum atomic E-state index is 6.79. The van der Waals surface area contributed by atoms with Gasteiger partial charge in [0.05, 0.1) is 22.4 Å². The first-order chi connectivity index (χ1) is 34.8. The van der Waals surface area contributed by atoms with E-state index in [2.05, 4.69) is 259 Å². The normalized spacial score (nSPS) is 14.9. The van der Waals surface area contributed by atoms with Crippen LogP contribution in [0.2, 0.25) is 26.2 Å². The first-order valence-electron chi connectivity index (χ1n) is 25.0. The Balaban J connectivity index is 1.13. The molecule has 5 heterocycles. The van der Waals surface area contributed by atoms with Crippen molar-refractivity contribution in [2.45, 2.75) is 26.2 Å². The van der Waals surface area contributed by atoms with Gasteiger partial charge in [-0.25, -0.2) is 0 Å². The summed E-state index contributed by atoms with van der Waals surface area (Å²) in [6, 6.07) is 82.0. The quantitative estimate of drug-likeness (QED) is 0.160. The predicted molar refractivity (Wildman–Crippen MR) is 307 cm³/mol. The maximum Gasteiger partial charge on any atom is 0.252 e. The van der Waals surface area contributed by atoms with E-state index in [4.69, 9.17) is 4.42 Å². The summed E-state index contributed by atoms with van der Waals surface area (Å²) in [4.78, 5) is 7.77. The number of hydrogen-bond donors (Lipinski definition) is 0. The van der Waals surface area contributed by atoms with Crippen LogP contribution in [0.15, 0.2) is 223 Å². The monoisotopic (exact) mass is 941 g/mol. The first kappa shape index (κ1) is 40.8. The Morgan fingerprint density at radius 1 is 0.423 bits per heavy atom. The molecule has 0 radical (unpaired) electrons. The largest absolute Gasteiger partial charge is 0.456 e. The number of rotatable bonds is 5. The van der Waals surface area contributed by atoms with Crippen molar-refractivity contribution in [3.05, 3.63) is 218 Å². The second-order valence-corrected chi connectivity index (χ2v) is 29.4. The molecule has 1 aromatic heterocycles. The molecule has 0 saturated heterocycles. The second kappa shape index (κ2) is 14.7. The molecule has 11 aromatic rings. The molecule has 7 heteroatoms. The molecule has 0 spiro atoms. The molecule has 10 aromatic carbocycles. The molecule has 0 aliphatic carbocycles. The predicted octanol–water partition coefficient (Wildman–Crippen LogP) is 12.7. The number of anilines is 9. The number of para-hydroxylation sites is 4. The third-order valence-corrected chi connectivity index (χ3v) is 23.5. The Kier molecular flexibility index (Phi) is 8.45. The van der Waals surface area contributed by atoms with Gasteiger partial charge >= 0.3 is 0 Å². The number of fused-ring (bicyclic) bond motifs is 15. The molecule has 71 heavy (non-hydrogen) atoms. The van der Waals surface area contributed by atoms with Crippen LogP contribution in [0.5, 0.6) is 0 Å². The van der Waals surface area contributed by atoms with Crippen LogP contribution in [0.1, 0.15) is 0 Å². The molecule has 0 amide bonds. The van der Waals surface area contributed by atoms with E-state index < -0.39 is 16.1 Å². The van der Waals surface area contributed by atoms with Crippen molar-refractivity contribution >= 4 is 133 Å². The van der Waals surface area contributed by atoms with Crippen molar-refractivity contribution in [2.75, 3.05) is 14.7 Å². The summed E-state index contributed by atoms with van der Waals surface area (Å²) in [5, 5.41) is 8.22. The Morgan fingerprint density at radius 3 is 1.62 bits per heavy atom. The topological polar surface area (TPSA) is 22.9 Å². The van der Waals surface area contributed by atoms with Gasteiger partial charge in [0.25, 0.3) is 6.71 Å². The van der Waals surface area contributed by atoms with Crippen LogP contribution in [-0.4, -0.2) is 22.9 Å². The average Bonchev–Trinajstić information content (AvgIpc) is 4.00. The van der Waals surface area contributed by atoms with Crippen LogP contribution in [0.3, 0.4) is 0 Å². The summed E-state index contributed by atoms with van der Waals surface area (Å²) >= 11 is 0. The van der Waals surface area contributed by atoms with Gasteiger partial charge in [-0.05, 0) is 115 Å². The van der Waals surface area contributed by atoms with Crippen LogP contribution < -0.4 is 51.8 Å². The van der Waals surface area contributed by atoms with Crippen molar-refractivity contribution in [3.63, 3.8) is 0 Å². The number of benzene rings is 10. The van der Waals surface area contributed by atoms with E-state index in [0.29, 0.717) is 0 Å². The lowest BCUT2D eigenvalue weighted by Gasteiger charge is -2.46. The molecule has 0 fully saturated rings. The van der Waals surface area contributed by atoms with Gasteiger partial charge in [0.15, 0.2) is 0 Å². The van der Waals surface area contributed by atoms with Crippen molar-refractivity contribution in [1.82, 2.24) is 0 Å². The molecule has 0 bridgehead atoms. The molecule has 15 rings (SSSR count). The Morgan fingerprint density at radius 2 is 0.944 bits per heavy atom. The Hall–Kier alpha value is -8.10. The molecule has 4 aliphatic heterocycles. The summed E-state index contributed by atoms with van der Waals surface area (Å²) in [5.41, 5.74) is 21.6. The molecular weight excluding hydrogens is 894 g/mol.